The number of alkyl halides is 2. The Hall–Kier alpha value is -0.480. The number of rotatable bonds is 3. The van der Waals surface area contributed by atoms with Crippen LogP contribution in [0.25, 0.3) is 0 Å². The number of hydrogen-bond donors (Lipinski definition) is 1. The number of nitrogens with two attached hydrogens (primary N) is 1. The van der Waals surface area contributed by atoms with Crippen LogP contribution in [-0.2, 0) is 0 Å². The maximum absolute atomic E-state index is 12.9. The molecule has 2 atom stereocenters. The van der Waals surface area contributed by atoms with Crippen molar-refractivity contribution in [3.05, 3.63) is 22.4 Å². The van der Waals surface area contributed by atoms with Crippen LogP contribution >= 0.6 is 11.3 Å². The summed E-state index contributed by atoms with van der Waals surface area (Å²) < 4.78 is 25.8. The van der Waals surface area contributed by atoms with Gasteiger partial charge in [-0.05, 0) is 18.4 Å². The zero-order chi connectivity index (χ0) is 10.1. The fourth-order valence-corrected chi connectivity index (χ4v) is 1.88. The van der Waals surface area contributed by atoms with Crippen molar-refractivity contribution in [2.75, 3.05) is 0 Å². The molecule has 0 amide bonds. The van der Waals surface area contributed by atoms with Gasteiger partial charge in [-0.25, -0.2) is 8.78 Å². The fourth-order valence-electron chi connectivity index (χ4n) is 1.04. The highest BCUT2D eigenvalue weighted by molar-refractivity contribution is 7.10. The summed E-state index contributed by atoms with van der Waals surface area (Å²) in [4.78, 5) is 0.814. The van der Waals surface area contributed by atoms with Crippen molar-refractivity contribution in [3.8, 4) is 0 Å². The first-order valence-electron chi connectivity index (χ1n) is 4.09. The molecule has 1 rings (SSSR count). The van der Waals surface area contributed by atoms with Crippen molar-refractivity contribution in [3.63, 3.8) is 0 Å². The zero-order valence-corrected chi connectivity index (χ0v) is 8.44. The summed E-state index contributed by atoms with van der Waals surface area (Å²) >= 11 is 1.42. The molecule has 0 radical (unpaired) electrons. The van der Waals surface area contributed by atoms with Crippen molar-refractivity contribution in [1.29, 1.82) is 0 Å². The third-order valence-corrected chi connectivity index (χ3v) is 3.18. The summed E-state index contributed by atoms with van der Waals surface area (Å²) in [5.74, 6) is -3.55. The fraction of sp³-hybridized carbons (Fsp3) is 0.556. The van der Waals surface area contributed by atoms with E-state index in [9.17, 15) is 8.78 Å². The lowest BCUT2D eigenvalue weighted by atomic mass is 9.95. The van der Waals surface area contributed by atoms with Gasteiger partial charge in [0.05, 0.1) is 0 Å². The first-order valence-corrected chi connectivity index (χ1v) is 4.97. The second-order valence-corrected chi connectivity index (χ2v) is 4.27. The molecule has 74 valence electrons. The molecule has 0 aliphatic carbocycles. The summed E-state index contributed by atoms with van der Waals surface area (Å²) in [6.45, 7) is 2.38. The second kappa shape index (κ2) is 3.72. The number of thiophene rings is 1. The molecule has 0 aliphatic heterocycles. The van der Waals surface area contributed by atoms with Crippen LogP contribution in [0.3, 0.4) is 0 Å². The molecular weight excluding hydrogens is 192 g/mol. The van der Waals surface area contributed by atoms with Gasteiger partial charge in [0, 0.05) is 16.8 Å². The van der Waals surface area contributed by atoms with E-state index < -0.39 is 17.9 Å². The Morgan fingerprint density at radius 1 is 1.54 bits per heavy atom. The van der Waals surface area contributed by atoms with E-state index in [0.717, 1.165) is 11.8 Å². The smallest absolute Gasteiger partial charge is 0.249 e. The van der Waals surface area contributed by atoms with E-state index in [-0.39, 0.29) is 0 Å². The van der Waals surface area contributed by atoms with Crippen molar-refractivity contribution in [2.24, 2.45) is 11.7 Å². The van der Waals surface area contributed by atoms with Crippen molar-refractivity contribution < 1.29 is 8.78 Å². The summed E-state index contributed by atoms with van der Waals surface area (Å²) in [6, 6.07) is 3.04. The highest BCUT2D eigenvalue weighted by Crippen LogP contribution is 2.34. The largest absolute Gasteiger partial charge is 0.323 e. The highest BCUT2D eigenvalue weighted by atomic mass is 32.1. The Kier molecular flexibility index (Phi) is 3.03. The molecule has 0 fully saturated rings. The van der Waals surface area contributed by atoms with Crippen molar-refractivity contribution in [2.45, 2.75) is 25.8 Å². The third kappa shape index (κ3) is 2.48. The van der Waals surface area contributed by atoms with Gasteiger partial charge in [-0.15, -0.1) is 11.3 Å². The van der Waals surface area contributed by atoms with Gasteiger partial charge in [-0.2, -0.15) is 0 Å². The molecule has 0 aliphatic rings. The summed E-state index contributed by atoms with van der Waals surface area (Å²) in [5, 5.41) is 1.84. The van der Waals surface area contributed by atoms with E-state index in [1.54, 1.807) is 6.07 Å². The molecule has 1 nitrogen and oxygen atoms in total. The van der Waals surface area contributed by atoms with Crippen LogP contribution in [0.1, 0.15) is 24.8 Å². The molecule has 4 heteroatoms. The minimum absolute atomic E-state index is 0.569. The maximum Gasteiger partial charge on any atom is 0.249 e. The highest BCUT2D eigenvalue weighted by Gasteiger charge is 2.35. The van der Waals surface area contributed by atoms with Crippen molar-refractivity contribution >= 4 is 11.3 Å². The van der Waals surface area contributed by atoms with E-state index >= 15 is 0 Å². The number of halogens is 2. The average Bonchev–Trinajstić information content (AvgIpc) is 2.51. The monoisotopic (exact) mass is 205 g/mol. The van der Waals surface area contributed by atoms with E-state index in [1.165, 1.54) is 18.3 Å². The van der Waals surface area contributed by atoms with Gasteiger partial charge < -0.3 is 5.73 Å². The molecule has 0 spiro atoms. The van der Waals surface area contributed by atoms with Gasteiger partial charge >= 0.3 is 0 Å². The lowest BCUT2D eigenvalue weighted by molar-refractivity contribution is -0.0416. The van der Waals surface area contributed by atoms with Gasteiger partial charge in [0.25, 0.3) is 0 Å². The predicted molar refractivity (Wildman–Crippen MR) is 51.0 cm³/mol. The van der Waals surface area contributed by atoms with Crippen LogP contribution in [0.15, 0.2) is 17.5 Å². The van der Waals surface area contributed by atoms with Crippen molar-refractivity contribution in [1.82, 2.24) is 0 Å². The molecular formula is C9H13F2NS. The van der Waals surface area contributed by atoms with E-state index in [0.29, 0.717) is 0 Å². The SMILES string of the molecule is CC(C(N)c1cccs1)C(C)(F)F. The molecule has 2 unspecified atom stereocenters. The van der Waals surface area contributed by atoms with Gasteiger partial charge in [-0.3, -0.25) is 0 Å². The van der Waals surface area contributed by atoms with Crippen LogP contribution in [-0.4, -0.2) is 5.92 Å². The van der Waals surface area contributed by atoms with Crippen LogP contribution < -0.4 is 5.73 Å². The summed E-state index contributed by atoms with van der Waals surface area (Å²) in [6.07, 6.45) is 0. The standard InChI is InChI=1S/C9H13F2NS/c1-6(9(2,10)11)8(12)7-4-3-5-13-7/h3-6,8H,12H2,1-2H3. The Morgan fingerprint density at radius 2 is 2.15 bits per heavy atom. The summed E-state index contributed by atoms with van der Waals surface area (Å²) in [5.41, 5.74) is 5.70. The lowest BCUT2D eigenvalue weighted by Crippen LogP contribution is -2.31. The Bertz CT molecular complexity index is 253. The predicted octanol–water partition coefficient (Wildman–Crippen LogP) is 3.04. The zero-order valence-electron chi connectivity index (χ0n) is 7.63. The van der Waals surface area contributed by atoms with Crippen LogP contribution in [0, 0.1) is 5.92 Å². The Balaban J connectivity index is 2.74. The van der Waals surface area contributed by atoms with E-state index in [1.807, 2.05) is 11.4 Å². The van der Waals surface area contributed by atoms with E-state index in [4.69, 9.17) is 5.73 Å². The lowest BCUT2D eigenvalue weighted by Gasteiger charge is -2.24. The minimum atomic E-state index is -2.72. The molecule has 0 saturated carbocycles. The van der Waals surface area contributed by atoms with E-state index in [2.05, 4.69) is 0 Å². The second-order valence-electron chi connectivity index (χ2n) is 3.29. The van der Waals surface area contributed by atoms with Gasteiger partial charge in [0.2, 0.25) is 5.92 Å². The quantitative estimate of drug-likeness (QED) is 0.806. The molecule has 1 aromatic rings. The Morgan fingerprint density at radius 3 is 2.54 bits per heavy atom. The molecule has 1 aromatic heterocycles. The minimum Gasteiger partial charge on any atom is -0.323 e. The topological polar surface area (TPSA) is 26.0 Å². The average molecular weight is 205 g/mol. The van der Waals surface area contributed by atoms with Gasteiger partial charge in [0.1, 0.15) is 0 Å². The van der Waals surface area contributed by atoms with Gasteiger partial charge in [-0.1, -0.05) is 13.0 Å². The molecule has 2 N–H and O–H groups in total. The molecule has 13 heavy (non-hydrogen) atoms. The maximum atomic E-state index is 12.9. The normalized spacial score (nSPS) is 17.0. The molecule has 0 aromatic carbocycles. The third-order valence-electron chi connectivity index (χ3n) is 2.21. The first-order chi connectivity index (χ1) is 5.93. The molecule has 0 bridgehead atoms. The van der Waals surface area contributed by atoms with Crippen LogP contribution in [0.2, 0.25) is 0 Å². The molecule has 1 heterocycles. The van der Waals surface area contributed by atoms with Gasteiger partial charge in [0.15, 0.2) is 0 Å². The van der Waals surface area contributed by atoms with Crippen LogP contribution in [0.4, 0.5) is 8.78 Å². The molecule has 0 saturated heterocycles. The van der Waals surface area contributed by atoms with Crippen LogP contribution in [0.5, 0.6) is 0 Å². The number of hydrogen-bond acceptors (Lipinski definition) is 2. The summed E-state index contributed by atoms with van der Waals surface area (Å²) in [7, 11) is 0. The Labute approximate surface area is 80.6 Å². The first kappa shape index (κ1) is 10.6.